The van der Waals surface area contributed by atoms with Crippen LogP contribution in [0.2, 0.25) is 0 Å². The Morgan fingerprint density at radius 3 is 2.78 bits per heavy atom. The lowest BCUT2D eigenvalue weighted by Gasteiger charge is -2.09. The predicted molar refractivity (Wildman–Crippen MR) is 34.9 cm³/mol. The summed E-state index contributed by atoms with van der Waals surface area (Å²) in [6.07, 6.45) is 1.15. The van der Waals surface area contributed by atoms with Crippen LogP contribution >= 0.6 is 0 Å². The lowest BCUT2D eigenvalue weighted by atomic mass is 10.1. The van der Waals surface area contributed by atoms with E-state index in [0.29, 0.717) is 12.2 Å². The molecule has 1 fully saturated rings. The Hall–Kier alpha value is -0.500. The first-order valence-corrected chi connectivity index (χ1v) is 3.26. The van der Waals surface area contributed by atoms with Crippen molar-refractivity contribution in [2.24, 2.45) is 0 Å². The van der Waals surface area contributed by atoms with Crippen LogP contribution in [0.4, 0.5) is 0 Å². The summed E-state index contributed by atoms with van der Waals surface area (Å²) in [6, 6.07) is 0. The maximum atomic E-state index is 9.17. The first-order valence-electron chi connectivity index (χ1n) is 3.26. The van der Waals surface area contributed by atoms with E-state index in [2.05, 4.69) is 6.58 Å². The molecular weight excluding hydrogens is 116 g/mol. The van der Waals surface area contributed by atoms with Gasteiger partial charge < -0.3 is 9.84 Å². The Bertz CT molecular complexity index is 120. The van der Waals surface area contributed by atoms with Gasteiger partial charge in [-0.05, 0) is 6.42 Å². The number of hydrogen-bond donors (Lipinski definition) is 1. The molecule has 52 valence electrons. The molecule has 1 aliphatic heterocycles. The van der Waals surface area contributed by atoms with Crippen LogP contribution in [0.3, 0.4) is 0 Å². The Kier molecular flexibility index (Phi) is 1.76. The quantitative estimate of drug-likeness (QED) is 0.572. The molecule has 0 aromatic rings. The van der Waals surface area contributed by atoms with E-state index < -0.39 is 0 Å². The molecule has 0 spiro atoms. The number of aliphatic hydroxyl groups is 1. The van der Waals surface area contributed by atoms with Crippen LogP contribution in [0, 0.1) is 0 Å². The molecule has 0 bridgehead atoms. The summed E-state index contributed by atoms with van der Waals surface area (Å²) >= 11 is 0. The second-order valence-electron chi connectivity index (χ2n) is 2.37. The monoisotopic (exact) mass is 128 g/mol. The van der Waals surface area contributed by atoms with Gasteiger partial charge in [-0.15, -0.1) is 0 Å². The molecule has 2 heteroatoms. The zero-order valence-electron chi connectivity index (χ0n) is 5.63. The van der Waals surface area contributed by atoms with Crippen molar-refractivity contribution in [3.63, 3.8) is 0 Å². The van der Waals surface area contributed by atoms with Crippen molar-refractivity contribution in [3.05, 3.63) is 12.3 Å². The van der Waals surface area contributed by atoms with E-state index >= 15 is 0 Å². The molecule has 2 nitrogen and oxygen atoms in total. The number of ether oxygens (including phenoxy) is 1. The Morgan fingerprint density at radius 1 is 1.89 bits per heavy atom. The fourth-order valence-corrected chi connectivity index (χ4v) is 1.06. The molecule has 2 unspecified atom stereocenters. The Labute approximate surface area is 55.1 Å². The topological polar surface area (TPSA) is 29.5 Å². The standard InChI is InChI=1S/C7H12O2/c1-3-7-6(8)4-5(2)9-7/h6-8H,2-4H2,1H3. The summed E-state index contributed by atoms with van der Waals surface area (Å²) in [5.74, 6) is 0.717. The molecule has 0 aliphatic carbocycles. The molecule has 0 saturated carbocycles. The second-order valence-corrected chi connectivity index (χ2v) is 2.37. The Balaban J connectivity index is 2.47. The van der Waals surface area contributed by atoms with E-state index in [1.54, 1.807) is 0 Å². The highest BCUT2D eigenvalue weighted by Crippen LogP contribution is 2.23. The molecule has 0 radical (unpaired) electrons. The summed E-state index contributed by atoms with van der Waals surface area (Å²) in [4.78, 5) is 0. The van der Waals surface area contributed by atoms with Crippen LogP contribution in [0.25, 0.3) is 0 Å². The normalized spacial score (nSPS) is 34.7. The van der Waals surface area contributed by atoms with Gasteiger partial charge in [0.15, 0.2) is 0 Å². The van der Waals surface area contributed by atoms with Crippen molar-refractivity contribution >= 4 is 0 Å². The largest absolute Gasteiger partial charge is 0.493 e. The van der Waals surface area contributed by atoms with Gasteiger partial charge in [-0.1, -0.05) is 13.5 Å². The molecule has 9 heavy (non-hydrogen) atoms. The maximum absolute atomic E-state index is 9.17. The smallest absolute Gasteiger partial charge is 0.124 e. The summed E-state index contributed by atoms with van der Waals surface area (Å²) < 4.78 is 5.18. The van der Waals surface area contributed by atoms with Gasteiger partial charge in [-0.25, -0.2) is 0 Å². The van der Waals surface area contributed by atoms with Gasteiger partial charge in [0.25, 0.3) is 0 Å². The van der Waals surface area contributed by atoms with Crippen molar-refractivity contribution in [1.29, 1.82) is 0 Å². The molecule has 2 atom stereocenters. The molecule has 1 saturated heterocycles. The molecule has 0 aromatic heterocycles. The van der Waals surface area contributed by atoms with E-state index in [-0.39, 0.29) is 12.2 Å². The predicted octanol–water partition coefficient (Wildman–Crippen LogP) is 1.06. The van der Waals surface area contributed by atoms with E-state index in [0.717, 1.165) is 6.42 Å². The molecule has 0 amide bonds. The minimum Gasteiger partial charge on any atom is -0.493 e. The van der Waals surface area contributed by atoms with Crippen LogP contribution < -0.4 is 0 Å². The number of aliphatic hydroxyl groups excluding tert-OH is 1. The summed E-state index contributed by atoms with van der Waals surface area (Å²) in [7, 11) is 0. The highest BCUT2D eigenvalue weighted by molar-refractivity contribution is 4.96. The maximum Gasteiger partial charge on any atom is 0.124 e. The third kappa shape index (κ3) is 1.24. The summed E-state index contributed by atoms with van der Waals surface area (Å²) in [6.45, 7) is 5.61. The zero-order valence-corrected chi connectivity index (χ0v) is 5.63. The molecule has 1 N–H and O–H groups in total. The zero-order chi connectivity index (χ0) is 6.85. The van der Waals surface area contributed by atoms with Crippen molar-refractivity contribution in [2.45, 2.75) is 32.0 Å². The van der Waals surface area contributed by atoms with Gasteiger partial charge in [0.05, 0.1) is 11.9 Å². The van der Waals surface area contributed by atoms with E-state index in [1.165, 1.54) is 0 Å². The van der Waals surface area contributed by atoms with E-state index in [1.807, 2.05) is 6.92 Å². The highest BCUT2D eigenvalue weighted by atomic mass is 16.5. The molecule has 0 aromatic carbocycles. The third-order valence-electron chi connectivity index (χ3n) is 1.59. The molecule has 1 rings (SSSR count). The van der Waals surface area contributed by atoms with E-state index in [9.17, 15) is 5.11 Å². The van der Waals surface area contributed by atoms with Gasteiger partial charge in [0.1, 0.15) is 6.10 Å². The van der Waals surface area contributed by atoms with Gasteiger partial charge in [-0.2, -0.15) is 0 Å². The average Bonchev–Trinajstić information content (AvgIpc) is 2.10. The van der Waals surface area contributed by atoms with E-state index in [4.69, 9.17) is 4.74 Å². The van der Waals surface area contributed by atoms with Crippen LogP contribution in [-0.2, 0) is 4.74 Å². The van der Waals surface area contributed by atoms with Crippen LogP contribution in [0.5, 0.6) is 0 Å². The average molecular weight is 128 g/mol. The van der Waals surface area contributed by atoms with Crippen LogP contribution in [-0.4, -0.2) is 17.3 Å². The molecular formula is C7H12O2. The van der Waals surface area contributed by atoms with Crippen LogP contribution in [0.1, 0.15) is 19.8 Å². The van der Waals surface area contributed by atoms with Gasteiger partial charge >= 0.3 is 0 Å². The summed E-state index contributed by atoms with van der Waals surface area (Å²) in [5, 5.41) is 9.17. The summed E-state index contributed by atoms with van der Waals surface area (Å²) in [5.41, 5.74) is 0. The lowest BCUT2D eigenvalue weighted by molar-refractivity contribution is 0.0575. The minimum absolute atomic E-state index is 0.00231. The second kappa shape index (κ2) is 2.40. The lowest BCUT2D eigenvalue weighted by Crippen LogP contribution is -2.18. The number of rotatable bonds is 1. The first kappa shape index (κ1) is 6.62. The fraction of sp³-hybridized carbons (Fsp3) is 0.714. The Morgan fingerprint density at radius 2 is 2.56 bits per heavy atom. The number of hydrogen-bond acceptors (Lipinski definition) is 2. The SMILES string of the molecule is C=C1CC(O)C(CC)O1. The minimum atomic E-state index is -0.317. The molecule has 1 heterocycles. The van der Waals surface area contributed by atoms with Crippen molar-refractivity contribution < 1.29 is 9.84 Å². The third-order valence-corrected chi connectivity index (χ3v) is 1.59. The van der Waals surface area contributed by atoms with Crippen molar-refractivity contribution in [3.8, 4) is 0 Å². The van der Waals surface area contributed by atoms with Crippen molar-refractivity contribution in [1.82, 2.24) is 0 Å². The van der Waals surface area contributed by atoms with Gasteiger partial charge in [0, 0.05) is 6.42 Å². The highest BCUT2D eigenvalue weighted by Gasteiger charge is 2.27. The molecule has 1 aliphatic rings. The van der Waals surface area contributed by atoms with Crippen molar-refractivity contribution in [2.75, 3.05) is 0 Å². The van der Waals surface area contributed by atoms with Gasteiger partial charge in [-0.3, -0.25) is 0 Å². The van der Waals surface area contributed by atoms with Gasteiger partial charge in [0.2, 0.25) is 0 Å². The fourth-order valence-electron chi connectivity index (χ4n) is 1.06. The van der Waals surface area contributed by atoms with Crippen LogP contribution in [0.15, 0.2) is 12.3 Å². The first-order chi connectivity index (χ1) is 4.24.